The first-order valence-electron chi connectivity index (χ1n) is 5.57. The topological polar surface area (TPSA) is 51.4 Å². The molecule has 0 fully saturated rings. The zero-order valence-corrected chi connectivity index (χ0v) is 10.4. The number of nitrogens with zero attached hydrogens (tertiary/aromatic N) is 2. The molecule has 4 nitrogen and oxygen atoms in total. The fourth-order valence-electron chi connectivity index (χ4n) is 1.46. The van der Waals surface area contributed by atoms with Crippen molar-refractivity contribution in [1.82, 2.24) is 9.88 Å². The van der Waals surface area contributed by atoms with Crippen molar-refractivity contribution in [2.24, 2.45) is 5.73 Å². The van der Waals surface area contributed by atoms with Crippen LogP contribution in [0.2, 0.25) is 0 Å². The van der Waals surface area contributed by atoms with Crippen LogP contribution in [0.4, 0.5) is 0 Å². The second-order valence-corrected chi connectivity index (χ2v) is 4.16. The number of aromatic nitrogens is 1. The van der Waals surface area contributed by atoms with E-state index in [2.05, 4.69) is 24.0 Å². The maximum absolute atomic E-state index is 5.59. The second-order valence-electron chi connectivity index (χ2n) is 4.16. The van der Waals surface area contributed by atoms with Crippen LogP contribution in [0, 0.1) is 6.92 Å². The summed E-state index contributed by atoms with van der Waals surface area (Å²) in [6.45, 7) is 4.19. The van der Waals surface area contributed by atoms with E-state index in [0.29, 0.717) is 19.0 Å². The number of hydrogen-bond donors (Lipinski definition) is 1. The van der Waals surface area contributed by atoms with Gasteiger partial charge in [-0.2, -0.15) is 0 Å². The molecule has 0 aliphatic heterocycles. The summed E-state index contributed by atoms with van der Waals surface area (Å²) in [6.07, 6.45) is 1.00. The quantitative estimate of drug-likeness (QED) is 0.736. The van der Waals surface area contributed by atoms with Crippen molar-refractivity contribution in [3.63, 3.8) is 0 Å². The van der Waals surface area contributed by atoms with Gasteiger partial charge in [-0.1, -0.05) is 0 Å². The Kier molecular flexibility index (Phi) is 5.22. The van der Waals surface area contributed by atoms with Gasteiger partial charge in [0.05, 0.1) is 6.61 Å². The number of ether oxygens (including phenoxy) is 1. The summed E-state index contributed by atoms with van der Waals surface area (Å²) >= 11 is 0. The van der Waals surface area contributed by atoms with Crippen LogP contribution in [0.25, 0.3) is 0 Å². The first-order chi connectivity index (χ1) is 7.61. The highest BCUT2D eigenvalue weighted by molar-refractivity contribution is 5.24. The van der Waals surface area contributed by atoms with E-state index in [4.69, 9.17) is 10.5 Å². The summed E-state index contributed by atoms with van der Waals surface area (Å²) in [7, 11) is 4.11. The Morgan fingerprint density at radius 3 is 2.75 bits per heavy atom. The molecule has 0 saturated carbocycles. The molecule has 0 amide bonds. The van der Waals surface area contributed by atoms with E-state index < -0.39 is 0 Å². The molecule has 2 N–H and O–H groups in total. The van der Waals surface area contributed by atoms with Crippen LogP contribution in [0.3, 0.4) is 0 Å². The number of rotatable bonds is 6. The molecule has 16 heavy (non-hydrogen) atoms. The molecule has 0 aliphatic carbocycles. The summed E-state index contributed by atoms with van der Waals surface area (Å²) in [4.78, 5) is 6.44. The molecule has 0 atom stereocenters. The lowest BCUT2D eigenvalue weighted by Crippen LogP contribution is -2.15. The molecule has 0 spiro atoms. The van der Waals surface area contributed by atoms with Crippen LogP contribution in [0.1, 0.15) is 17.7 Å². The molecule has 1 heterocycles. The third kappa shape index (κ3) is 4.59. The third-order valence-corrected chi connectivity index (χ3v) is 2.23. The van der Waals surface area contributed by atoms with Gasteiger partial charge in [0.2, 0.25) is 5.88 Å². The molecule has 0 radical (unpaired) electrons. The minimum absolute atomic E-state index is 0.525. The highest BCUT2D eigenvalue weighted by atomic mass is 16.5. The van der Waals surface area contributed by atoms with Crippen LogP contribution in [0.15, 0.2) is 12.1 Å². The first kappa shape index (κ1) is 12.9. The summed E-state index contributed by atoms with van der Waals surface area (Å²) < 4.78 is 5.59. The Morgan fingerprint density at radius 1 is 1.38 bits per heavy atom. The minimum Gasteiger partial charge on any atom is -0.478 e. The minimum atomic E-state index is 0.525. The van der Waals surface area contributed by atoms with Gasteiger partial charge in [0.25, 0.3) is 0 Å². The van der Waals surface area contributed by atoms with E-state index in [1.54, 1.807) is 0 Å². The van der Waals surface area contributed by atoms with Crippen molar-refractivity contribution in [2.45, 2.75) is 19.9 Å². The lowest BCUT2D eigenvalue weighted by Gasteiger charge is -2.10. The molecule has 1 rings (SSSR count). The maximum atomic E-state index is 5.59. The molecule has 1 aromatic rings. The summed E-state index contributed by atoms with van der Waals surface area (Å²) in [5.74, 6) is 0.680. The van der Waals surface area contributed by atoms with E-state index in [-0.39, 0.29) is 0 Å². The predicted octanol–water partition coefficient (Wildman–Crippen LogP) is 1.18. The second kappa shape index (κ2) is 6.45. The van der Waals surface area contributed by atoms with Gasteiger partial charge in [-0.05, 0) is 39.1 Å². The van der Waals surface area contributed by atoms with E-state index in [1.807, 2.05) is 19.1 Å². The molecule has 4 heteroatoms. The van der Waals surface area contributed by atoms with Crippen molar-refractivity contribution in [2.75, 3.05) is 27.2 Å². The van der Waals surface area contributed by atoms with Gasteiger partial charge in [0.15, 0.2) is 0 Å². The Hall–Kier alpha value is -1.13. The third-order valence-electron chi connectivity index (χ3n) is 2.23. The molecule has 0 aliphatic rings. The van der Waals surface area contributed by atoms with Crippen molar-refractivity contribution < 1.29 is 4.74 Å². The Morgan fingerprint density at radius 2 is 2.12 bits per heavy atom. The smallest absolute Gasteiger partial charge is 0.213 e. The molecular formula is C12H21N3O. The van der Waals surface area contributed by atoms with Gasteiger partial charge >= 0.3 is 0 Å². The van der Waals surface area contributed by atoms with Crippen molar-refractivity contribution >= 4 is 0 Å². The number of aryl methyl sites for hydroxylation is 1. The van der Waals surface area contributed by atoms with Crippen LogP contribution < -0.4 is 10.5 Å². The standard InChI is InChI=1S/C12H21N3O/c1-10-7-11(9-13)8-12(14-10)16-6-4-5-15(2)3/h7-8H,4-6,9,13H2,1-3H3. The molecule has 90 valence electrons. The van der Waals surface area contributed by atoms with Crippen molar-refractivity contribution in [1.29, 1.82) is 0 Å². The van der Waals surface area contributed by atoms with Gasteiger partial charge in [0.1, 0.15) is 0 Å². The monoisotopic (exact) mass is 223 g/mol. The summed E-state index contributed by atoms with van der Waals surface area (Å²) in [5, 5.41) is 0. The molecule has 0 bridgehead atoms. The molecule has 0 saturated heterocycles. The van der Waals surface area contributed by atoms with Gasteiger partial charge in [0, 0.05) is 24.8 Å². The lowest BCUT2D eigenvalue weighted by atomic mass is 10.2. The maximum Gasteiger partial charge on any atom is 0.213 e. The van der Waals surface area contributed by atoms with E-state index in [0.717, 1.165) is 24.2 Å². The molecule has 1 aromatic heterocycles. The average Bonchev–Trinajstić information content (AvgIpc) is 2.23. The van der Waals surface area contributed by atoms with Crippen LogP contribution >= 0.6 is 0 Å². The first-order valence-corrected chi connectivity index (χ1v) is 5.57. The van der Waals surface area contributed by atoms with Gasteiger partial charge < -0.3 is 15.4 Å². The Bertz CT molecular complexity index is 326. The SMILES string of the molecule is Cc1cc(CN)cc(OCCCN(C)C)n1. The highest BCUT2D eigenvalue weighted by Crippen LogP contribution is 2.12. The Balaban J connectivity index is 2.44. The predicted molar refractivity (Wildman–Crippen MR) is 65.5 cm³/mol. The summed E-state index contributed by atoms with van der Waals surface area (Å²) in [5.41, 5.74) is 7.61. The van der Waals surface area contributed by atoms with Crippen LogP contribution in [0.5, 0.6) is 5.88 Å². The Labute approximate surface area is 97.4 Å². The van der Waals surface area contributed by atoms with Gasteiger partial charge in [-0.3, -0.25) is 0 Å². The number of hydrogen-bond acceptors (Lipinski definition) is 4. The molecule has 0 unspecified atom stereocenters. The van der Waals surface area contributed by atoms with Crippen LogP contribution in [-0.2, 0) is 6.54 Å². The van der Waals surface area contributed by atoms with Crippen molar-refractivity contribution in [3.8, 4) is 5.88 Å². The molecular weight excluding hydrogens is 202 g/mol. The van der Waals surface area contributed by atoms with E-state index in [1.165, 1.54) is 0 Å². The largest absolute Gasteiger partial charge is 0.478 e. The lowest BCUT2D eigenvalue weighted by molar-refractivity contribution is 0.272. The zero-order chi connectivity index (χ0) is 12.0. The van der Waals surface area contributed by atoms with Gasteiger partial charge in [-0.25, -0.2) is 4.98 Å². The van der Waals surface area contributed by atoms with Crippen molar-refractivity contribution in [3.05, 3.63) is 23.4 Å². The fourth-order valence-corrected chi connectivity index (χ4v) is 1.46. The van der Waals surface area contributed by atoms with Crippen LogP contribution in [-0.4, -0.2) is 37.1 Å². The molecule has 0 aromatic carbocycles. The highest BCUT2D eigenvalue weighted by Gasteiger charge is 2.00. The van der Waals surface area contributed by atoms with E-state index in [9.17, 15) is 0 Å². The number of nitrogens with two attached hydrogens (primary N) is 1. The van der Waals surface area contributed by atoms with Gasteiger partial charge in [-0.15, -0.1) is 0 Å². The van der Waals surface area contributed by atoms with E-state index >= 15 is 0 Å². The fraction of sp³-hybridized carbons (Fsp3) is 0.583. The average molecular weight is 223 g/mol. The zero-order valence-electron chi connectivity index (χ0n) is 10.4. The summed E-state index contributed by atoms with van der Waals surface area (Å²) in [6, 6.07) is 3.88. The number of pyridine rings is 1. The normalized spacial score (nSPS) is 10.8.